The topological polar surface area (TPSA) is 26.0 Å². The van der Waals surface area contributed by atoms with Gasteiger partial charge in [-0.15, -0.1) is 11.3 Å². The highest BCUT2D eigenvalue weighted by molar-refractivity contribution is 9.10. The average Bonchev–Trinajstić information content (AvgIpc) is 2.82. The van der Waals surface area contributed by atoms with Gasteiger partial charge in [-0.2, -0.15) is 0 Å². The molecule has 16 heavy (non-hydrogen) atoms. The Labute approximate surface area is 103 Å². The number of hydrogen-bond donors (Lipinski definition) is 0. The van der Waals surface area contributed by atoms with E-state index in [4.69, 9.17) is 4.42 Å². The van der Waals surface area contributed by atoms with Gasteiger partial charge < -0.3 is 4.42 Å². The standard InChI is InChI=1S/C11H5BrFNOS/c12-7-4-6(13)5-8-10(7)15-11(14-8)9-2-1-3-16-9/h1-5H. The van der Waals surface area contributed by atoms with Crippen molar-refractivity contribution in [3.05, 3.63) is 39.9 Å². The van der Waals surface area contributed by atoms with E-state index in [9.17, 15) is 4.39 Å². The van der Waals surface area contributed by atoms with E-state index in [1.807, 2.05) is 17.5 Å². The molecule has 3 rings (SSSR count). The van der Waals surface area contributed by atoms with Crippen LogP contribution in [0.1, 0.15) is 0 Å². The van der Waals surface area contributed by atoms with E-state index in [0.29, 0.717) is 21.5 Å². The zero-order valence-corrected chi connectivity index (χ0v) is 10.3. The number of fused-ring (bicyclic) bond motifs is 1. The summed E-state index contributed by atoms with van der Waals surface area (Å²) >= 11 is 4.79. The lowest BCUT2D eigenvalue weighted by Gasteiger charge is -1.90. The van der Waals surface area contributed by atoms with Gasteiger partial charge in [0.25, 0.3) is 0 Å². The van der Waals surface area contributed by atoms with E-state index in [2.05, 4.69) is 20.9 Å². The van der Waals surface area contributed by atoms with E-state index in [-0.39, 0.29) is 5.82 Å². The minimum Gasteiger partial charge on any atom is -0.434 e. The van der Waals surface area contributed by atoms with Crippen LogP contribution in [0.3, 0.4) is 0 Å². The van der Waals surface area contributed by atoms with Crippen molar-refractivity contribution in [1.29, 1.82) is 0 Å². The minimum absolute atomic E-state index is 0.328. The number of benzene rings is 1. The van der Waals surface area contributed by atoms with Gasteiger partial charge in [-0.3, -0.25) is 0 Å². The second kappa shape index (κ2) is 3.68. The highest BCUT2D eigenvalue weighted by Gasteiger charge is 2.12. The summed E-state index contributed by atoms with van der Waals surface area (Å²) in [5.74, 6) is 0.196. The van der Waals surface area contributed by atoms with Gasteiger partial charge in [-0.05, 0) is 33.4 Å². The molecule has 0 radical (unpaired) electrons. The molecule has 0 N–H and O–H groups in total. The van der Waals surface area contributed by atoms with Crippen LogP contribution in [0, 0.1) is 5.82 Å². The van der Waals surface area contributed by atoms with Crippen LogP contribution in [0.5, 0.6) is 0 Å². The molecule has 0 aliphatic rings. The van der Waals surface area contributed by atoms with Crippen LogP contribution < -0.4 is 0 Å². The van der Waals surface area contributed by atoms with Crippen LogP contribution in [0.2, 0.25) is 0 Å². The summed E-state index contributed by atoms with van der Waals surface area (Å²) in [6, 6.07) is 6.57. The Balaban J connectivity index is 2.27. The predicted molar refractivity (Wildman–Crippen MR) is 65.0 cm³/mol. The molecule has 2 nitrogen and oxygen atoms in total. The monoisotopic (exact) mass is 297 g/mol. The molecule has 2 heterocycles. The van der Waals surface area contributed by atoms with Crippen LogP contribution in [-0.4, -0.2) is 4.98 Å². The fourth-order valence-corrected chi connectivity index (χ4v) is 2.62. The summed E-state index contributed by atoms with van der Waals surface area (Å²) in [7, 11) is 0. The summed E-state index contributed by atoms with van der Waals surface area (Å²) in [6.45, 7) is 0. The predicted octanol–water partition coefficient (Wildman–Crippen LogP) is 4.46. The first kappa shape index (κ1) is 9.99. The van der Waals surface area contributed by atoms with Gasteiger partial charge in [0, 0.05) is 6.07 Å². The van der Waals surface area contributed by atoms with Crippen molar-refractivity contribution >= 4 is 38.4 Å². The summed E-state index contributed by atoms with van der Waals surface area (Å²) in [5, 5.41) is 1.94. The molecule has 1 aromatic carbocycles. The van der Waals surface area contributed by atoms with Gasteiger partial charge in [0.05, 0.1) is 9.35 Å². The summed E-state index contributed by atoms with van der Waals surface area (Å²) in [5.41, 5.74) is 1.10. The molecule has 0 fully saturated rings. The SMILES string of the molecule is Fc1cc(Br)c2oc(-c3cccs3)nc2c1. The Hall–Kier alpha value is -1.20. The molecule has 3 aromatic rings. The Morgan fingerprint density at radius 3 is 3.00 bits per heavy atom. The molecule has 0 spiro atoms. The maximum absolute atomic E-state index is 13.1. The number of oxazole rings is 1. The van der Waals surface area contributed by atoms with Crippen molar-refractivity contribution in [3.63, 3.8) is 0 Å². The Morgan fingerprint density at radius 1 is 1.38 bits per heavy atom. The minimum atomic E-state index is -0.328. The van der Waals surface area contributed by atoms with Gasteiger partial charge in [0.1, 0.15) is 11.3 Å². The number of nitrogens with zero attached hydrogens (tertiary/aromatic N) is 1. The van der Waals surface area contributed by atoms with E-state index in [0.717, 1.165) is 4.88 Å². The first-order valence-corrected chi connectivity index (χ1v) is 6.21. The first-order valence-electron chi connectivity index (χ1n) is 4.53. The third kappa shape index (κ3) is 1.56. The molecule has 0 unspecified atom stereocenters. The van der Waals surface area contributed by atoms with E-state index in [1.54, 1.807) is 0 Å². The van der Waals surface area contributed by atoms with Crippen molar-refractivity contribution in [2.75, 3.05) is 0 Å². The molecule has 0 aliphatic carbocycles. The summed E-state index contributed by atoms with van der Waals surface area (Å²) in [6.07, 6.45) is 0. The molecule has 0 aliphatic heterocycles. The van der Waals surface area contributed by atoms with E-state index < -0.39 is 0 Å². The molecule has 80 valence electrons. The smallest absolute Gasteiger partial charge is 0.237 e. The van der Waals surface area contributed by atoms with Crippen molar-refractivity contribution in [3.8, 4) is 10.8 Å². The van der Waals surface area contributed by atoms with Gasteiger partial charge in [-0.1, -0.05) is 6.07 Å². The second-order valence-electron chi connectivity index (χ2n) is 3.23. The number of hydrogen-bond acceptors (Lipinski definition) is 3. The largest absolute Gasteiger partial charge is 0.434 e. The fraction of sp³-hybridized carbons (Fsp3) is 0. The normalized spacial score (nSPS) is 11.1. The van der Waals surface area contributed by atoms with E-state index >= 15 is 0 Å². The number of thiophene rings is 1. The third-order valence-corrected chi connectivity index (χ3v) is 3.59. The highest BCUT2D eigenvalue weighted by atomic mass is 79.9. The van der Waals surface area contributed by atoms with Crippen molar-refractivity contribution in [1.82, 2.24) is 4.98 Å². The molecular weight excluding hydrogens is 293 g/mol. The number of rotatable bonds is 1. The zero-order chi connectivity index (χ0) is 11.1. The summed E-state index contributed by atoms with van der Waals surface area (Å²) < 4.78 is 19.3. The third-order valence-electron chi connectivity index (χ3n) is 2.14. The average molecular weight is 298 g/mol. The summed E-state index contributed by atoms with van der Waals surface area (Å²) in [4.78, 5) is 5.18. The molecule has 2 aromatic heterocycles. The van der Waals surface area contributed by atoms with Gasteiger partial charge in [0.2, 0.25) is 5.89 Å². The Kier molecular flexibility index (Phi) is 2.29. The Bertz CT molecular complexity index is 647. The lowest BCUT2D eigenvalue weighted by Crippen LogP contribution is -1.75. The maximum atomic E-state index is 13.1. The Morgan fingerprint density at radius 2 is 2.25 bits per heavy atom. The van der Waals surface area contributed by atoms with Crippen LogP contribution >= 0.6 is 27.3 Å². The highest BCUT2D eigenvalue weighted by Crippen LogP contribution is 2.31. The van der Waals surface area contributed by atoms with Gasteiger partial charge in [-0.25, -0.2) is 9.37 Å². The molecule has 0 saturated carbocycles. The van der Waals surface area contributed by atoms with Crippen LogP contribution in [0.4, 0.5) is 4.39 Å². The van der Waals surface area contributed by atoms with Crippen molar-refractivity contribution < 1.29 is 8.81 Å². The van der Waals surface area contributed by atoms with Crippen molar-refractivity contribution in [2.45, 2.75) is 0 Å². The molecular formula is C11H5BrFNOS. The van der Waals surface area contributed by atoms with Crippen LogP contribution in [-0.2, 0) is 0 Å². The van der Waals surface area contributed by atoms with Crippen molar-refractivity contribution in [2.24, 2.45) is 0 Å². The molecule has 0 bridgehead atoms. The maximum Gasteiger partial charge on any atom is 0.237 e. The van der Waals surface area contributed by atoms with Gasteiger partial charge >= 0.3 is 0 Å². The molecule has 0 amide bonds. The fourth-order valence-electron chi connectivity index (χ4n) is 1.47. The molecule has 0 atom stereocenters. The lowest BCUT2D eigenvalue weighted by molar-refractivity contribution is 0.613. The number of aromatic nitrogens is 1. The van der Waals surface area contributed by atoms with E-state index in [1.165, 1.54) is 23.5 Å². The second-order valence-corrected chi connectivity index (χ2v) is 5.03. The molecule has 0 saturated heterocycles. The lowest BCUT2D eigenvalue weighted by atomic mass is 10.3. The molecule has 5 heteroatoms. The number of halogens is 2. The first-order chi connectivity index (χ1) is 7.74. The zero-order valence-electron chi connectivity index (χ0n) is 7.91. The van der Waals surface area contributed by atoms with Gasteiger partial charge in [0.15, 0.2) is 5.58 Å². The quantitative estimate of drug-likeness (QED) is 0.663. The van der Waals surface area contributed by atoms with Crippen LogP contribution in [0.25, 0.3) is 21.9 Å². The van der Waals surface area contributed by atoms with Crippen LogP contribution in [0.15, 0.2) is 38.5 Å².